The van der Waals surface area contributed by atoms with Crippen LogP contribution in [0.4, 0.5) is 5.69 Å². The molecule has 0 fully saturated rings. The Morgan fingerprint density at radius 1 is 1.05 bits per heavy atom. The number of benzene rings is 1. The number of pyridine rings is 1. The first-order valence-electron chi connectivity index (χ1n) is 12.3. The summed E-state index contributed by atoms with van der Waals surface area (Å²) in [4.78, 5) is 69.4. The minimum absolute atomic E-state index is 0.0636. The number of nitrogens with zero attached hydrogens (tertiary/aromatic N) is 3. The molecule has 2 N–H and O–H groups in total. The van der Waals surface area contributed by atoms with Crippen LogP contribution in [0, 0.1) is 20.2 Å². The van der Waals surface area contributed by atoms with Gasteiger partial charge in [-0.25, -0.2) is 9.59 Å². The number of hydrogen-bond donors (Lipinski definition) is 2. The highest BCUT2D eigenvalue weighted by Gasteiger charge is 2.40. The Morgan fingerprint density at radius 3 is 2.27 bits per heavy atom. The first kappa shape index (κ1) is 30.2. The van der Waals surface area contributed by atoms with Gasteiger partial charge in [-0.1, -0.05) is 19.1 Å². The summed E-state index contributed by atoms with van der Waals surface area (Å²) >= 11 is 0. The second kappa shape index (κ2) is 13.1. The van der Waals surface area contributed by atoms with Gasteiger partial charge in [0.1, 0.15) is 0 Å². The third-order valence-electron chi connectivity index (χ3n) is 5.93. The number of allylic oxidation sites excluding steroid dienone is 2. The molecule has 3 unspecified atom stereocenters. The lowest BCUT2D eigenvalue weighted by Gasteiger charge is -2.31. The minimum Gasteiger partial charge on any atom is -0.439 e. The molecule has 41 heavy (non-hydrogen) atoms. The third-order valence-corrected chi connectivity index (χ3v) is 5.93. The van der Waals surface area contributed by atoms with Crippen molar-refractivity contribution < 1.29 is 38.7 Å². The number of dihydropyridines is 1. The number of nitrogens with one attached hydrogen (secondary N) is 2. The normalized spacial score (nSPS) is 16.1. The predicted octanol–water partition coefficient (Wildman–Crippen LogP) is 3.03. The van der Waals surface area contributed by atoms with Crippen LogP contribution in [0.3, 0.4) is 0 Å². The van der Waals surface area contributed by atoms with Crippen molar-refractivity contribution in [3.63, 3.8) is 0 Å². The number of amides is 1. The zero-order chi connectivity index (χ0) is 30.3. The average Bonchev–Trinajstić information content (AvgIpc) is 2.92. The Kier molecular flexibility index (Phi) is 9.68. The molecule has 3 atom stereocenters. The fraction of sp³-hybridized carbons (Fsp3) is 0.308. The summed E-state index contributed by atoms with van der Waals surface area (Å²) in [5, 5.41) is 26.7. The Morgan fingerprint density at radius 2 is 1.71 bits per heavy atom. The van der Waals surface area contributed by atoms with Gasteiger partial charge in [0, 0.05) is 42.3 Å². The zero-order valence-corrected chi connectivity index (χ0v) is 22.5. The largest absolute Gasteiger partial charge is 0.439 e. The number of rotatable bonds is 11. The van der Waals surface area contributed by atoms with Crippen LogP contribution in [0.25, 0.3) is 0 Å². The third kappa shape index (κ3) is 7.40. The lowest BCUT2D eigenvalue weighted by molar-refractivity contribution is -0.779. The van der Waals surface area contributed by atoms with Crippen molar-refractivity contribution in [3.05, 3.63) is 103 Å². The number of nitro groups is 1. The summed E-state index contributed by atoms with van der Waals surface area (Å²) in [6.45, 7) is 5.96. The van der Waals surface area contributed by atoms with Gasteiger partial charge < -0.3 is 20.1 Å². The van der Waals surface area contributed by atoms with E-state index in [0.717, 1.165) is 0 Å². The Hall–Kier alpha value is -5.34. The second-order valence-corrected chi connectivity index (χ2v) is 8.82. The minimum atomic E-state index is -1.55. The molecule has 0 bridgehead atoms. The Balaban J connectivity index is 1.99. The van der Waals surface area contributed by atoms with E-state index in [9.17, 15) is 34.6 Å². The van der Waals surface area contributed by atoms with E-state index in [0.29, 0.717) is 0 Å². The molecule has 2 aromatic rings. The number of carbonyl (C=O) groups is 3. The predicted molar refractivity (Wildman–Crippen MR) is 140 cm³/mol. The maximum absolute atomic E-state index is 13.5. The molecule has 1 amide bonds. The topological polar surface area (TPSA) is 202 Å². The van der Waals surface area contributed by atoms with Crippen LogP contribution >= 0.6 is 0 Å². The van der Waals surface area contributed by atoms with Crippen molar-refractivity contribution in [3.8, 4) is 0 Å². The van der Waals surface area contributed by atoms with Crippen LogP contribution < -0.4 is 10.6 Å². The van der Waals surface area contributed by atoms with E-state index in [1.165, 1.54) is 70.4 Å². The molecule has 0 radical (unpaired) electrons. The molecule has 0 saturated heterocycles. The van der Waals surface area contributed by atoms with Gasteiger partial charge in [-0.2, -0.15) is 0 Å². The van der Waals surface area contributed by atoms with Crippen LogP contribution in [-0.2, 0) is 23.9 Å². The molecular formula is C26H27N5O10. The van der Waals surface area contributed by atoms with Gasteiger partial charge in [0.25, 0.3) is 16.7 Å². The molecule has 1 aliphatic rings. The number of nitro benzene ring substituents is 1. The molecule has 15 nitrogen and oxygen atoms in total. The van der Waals surface area contributed by atoms with Gasteiger partial charge in [0.05, 0.1) is 27.6 Å². The van der Waals surface area contributed by atoms with Crippen LogP contribution in [-0.4, -0.2) is 45.4 Å². The van der Waals surface area contributed by atoms with E-state index in [-0.39, 0.29) is 45.8 Å². The van der Waals surface area contributed by atoms with Crippen molar-refractivity contribution in [2.75, 3.05) is 0 Å². The van der Waals surface area contributed by atoms with Crippen molar-refractivity contribution in [2.24, 2.45) is 0 Å². The highest BCUT2D eigenvalue weighted by atomic mass is 17.0. The zero-order valence-electron chi connectivity index (χ0n) is 22.5. The summed E-state index contributed by atoms with van der Waals surface area (Å²) in [5.41, 5.74) is 0.333. The highest BCUT2D eigenvalue weighted by Crippen LogP contribution is 2.40. The summed E-state index contributed by atoms with van der Waals surface area (Å²) < 4.78 is 10.7. The van der Waals surface area contributed by atoms with Crippen molar-refractivity contribution in [1.29, 1.82) is 0 Å². The molecule has 3 rings (SSSR count). The van der Waals surface area contributed by atoms with E-state index in [2.05, 4.69) is 20.5 Å². The fourth-order valence-corrected chi connectivity index (χ4v) is 4.16. The number of hydrogen-bond acceptors (Lipinski definition) is 12. The molecule has 1 aliphatic heterocycles. The SMILES string of the molecule is CCC(OC(=O)C1=C(C)NC(C)=C(C(=O)OC(C)NC(=O)c2cccnc2)C1c1cccc([N+](=O)[O-])c1)O[N+](=O)[O-]. The monoisotopic (exact) mass is 569 g/mol. The van der Waals surface area contributed by atoms with Gasteiger partial charge in [-0.3, -0.25) is 24.7 Å². The lowest BCUT2D eigenvalue weighted by Crippen LogP contribution is -2.39. The van der Waals surface area contributed by atoms with Crippen LogP contribution in [0.2, 0.25) is 0 Å². The number of aromatic nitrogens is 1. The lowest BCUT2D eigenvalue weighted by atomic mass is 9.80. The average molecular weight is 570 g/mol. The van der Waals surface area contributed by atoms with Crippen LogP contribution in [0.15, 0.2) is 71.3 Å². The first-order valence-corrected chi connectivity index (χ1v) is 12.3. The Labute approximate surface area is 233 Å². The molecule has 1 aromatic heterocycles. The quantitative estimate of drug-likeness (QED) is 0.174. The molecule has 0 saturated carbocycles. The standard InChI is InChI=1S/C26H27N5O10/c1-5-20(41-31(37)38)40-26(34)22-15(3)28-14(2)21(23(22)17-8-6-10-19(12-17)30(35)36)25(33)39-16(4)29-24(32)18-9-7-11-27-13-18/h6-13,16,20,23,28H,5H2,1-4H3,(H,29,32). The van der Waals surface area contributed by atoms with E-state index in [1.807, 2.05) is 0 Å². The van der Waals surface area contributed by atoms with Gasteiger partial charge in [-0.15, -0.1) is 10.1 Å². The second-order valence-electron chi connectivity index (χ2n) is 8.82. The van der Waals surface area contributed by atoms with Crippen molar-refractivity contribution >= 4 is 23.5 Å². The summed E-state index contributed by atoms with van der Waals surface area (Å²) in [7, 11) is 0. The molecule has 2 heterocycles. The fourth-order valence-electron chi connectivity index (χ4n) is 4.16. The summed E-state index contributed by atoms with van der Waals surface area (Å²) in [5.74, 6) is -3.81. The number of esters is 2. The van der Waals surface area contributed by atoms with E-state index < -0.39 is 46.3 Å². The maximum atomic E-state index is 13.5. The Bertz CT molecular complexity index is 1420. The van der Waals surface area contributed by atoms with E-state index >= 15 is 0 Å². The summed E-state index contributed by atoms with van der Waals surface area (Å²) in [6.07, 6.45) is 0.0725. The molecule has 0 aliphatic carbocycles. The van der Waals surface area contributed by atoms with Gasteiger partial charge in [0.2, 0.25) is 6.29 Å². The molecular weight excluding hydrogens is 542 g/mol. The summed E-state index contributed by atoms with van der Waals surface area (Å²) in [6, 6.07) is 8.37. The van der Waals surface area contributed by atoms with E-state index in [4.69, 9.17) is 9.47 Å². The van der Waals surface area contributed by atoms with Crippen molar-refractivity contribution in [1.82, 2.24) is 15.6 Å². The smallest absolute Gasteiger partial charge is 0.338 e. The first-order chi connectivity index (χ1) is 19.4. The highest BCUT2D eigenvalue weighted by molar-refractivity contribution is 6.00. The molecule has 0 spiro atoms. The number of non-ortho nitro benzene ring substituents is 1. The molecule has 1 aromatic carbocycles. The molecule has 15 heteroatoms. The van der Waals surface area contributed by atoms with Crippen molar-refractivity contribution in [2.45, 2.75) is 52.6 Å². The van der Waals surface area contributed by atoms with Gasteiger partial charge >= 0.3 is 11.9 Å². The van der Waals surface area contributed by atoms with Crippen LogP contribution in [0.5, 0.6) is 0 Å². The van der Waals surface area contributed by atoms with Gasteiger partial charge in [0.15, 0.2) is 6.23 Å². The number of carbonyl (C=O) groups excluding carboxylic acids is 3. The van der Waals surface area contributed by atoms with Crippen LogP contribution in [0.1, 0.15) is 56.0 Å². The maximum Gasteiger partial charge on any atom is 0.338 e. The molecule has 216 valence electrons. The number of ether oxygens (including phenoxy) is 2. The van der Waals surface area contributed by atoms with Gasteiger partial charge in [-0.05, 0) is 38.5 Å². The van der Waals surface area contributed by atoms with E-state index in [1.54, 1.807) is 6.07 Å².